The molecular formula is C20H17F3N2O4. The minimum atomic E-state index is -4.91. The maximum absolute atomic E-state index is 12.9. The van der Waals surface area contributed by atoms with Crippen LogP contribution >= 0.6 is 0 Å². The van der Waals surface area contributed by atoms with E-state index in [2.05, 4.69) is 9.84 Å². The van der Waals surface area contributed by atoms with Gasteiger partial charge in [0.1, 0.15) is 24.1 Å². The molecule has 3 rings (SSSR count). The van der Waals surface area contributed by atoms with Crippen molar-refractivity contribution in [3.05, 3.63) is 66.5 Å². The fourth-order valence-corrected chi connectivity index (χ4v) is 2.58. The number of carboxylic acids is 1. The van der Waals surface area contributed by atoms with Crippen molar-refractivity contribution in [2.24, 2.45) is 0 Å². The van der Waals surface area contributed by atoms with E-state index in [9.17, 15) is 18.0 Å². The predicted molar refractivity (Wildman–Crippen MR) is 97.5 cm³/mol. The van der Waals surface area contributed by atoms with Crippen molar-refractivity contribution < 1.29 is 32.5 Å². The van der Waals surface area contributed by atoms with E-state index < -0.39 is 24.1 Å². The summed E-state index contributed by atoms with van der Waals surface area (Å²) in [7, 11) is 0. The van der Waals surface area contributed by atoms with E-state index in [0.29, 0.717) is 0 Å². The third kappa shape index (κ3) is 5.28. The molecule has 1 atom stereocenters. The molecule has 0 spiro atoms. The van der Waals surface area contributed by atoms with Crippen LogP contribution in [0.1, 0.15) is 18.5 Å². The molecule has 1 N–H and O–H groups in total. The first kappa shape index (κ1) is 20.2. The molecule has 0 aliphatic heterocycles. The van der Waals surface area contributed by atoms with Crippen molar-refractivity contribution in [3.63, 3.8) is 0 Å². The number of benzene rings is 2. The van der Waals surface area contributed by atoms with Crippen molar-refractivity contribution in [3.8, 4) is 22.6 Å². The average Bonchev–Trinajstić information content (AvgIpc) is 3.15. The van der Waals surface area contributed by atoms with Gasteiger partial charge < -0.3 is 14.6 Å². The van der Waals surface area contributed by atoms with Crippen LogP contribution in [0.3, 0.4) is 0 Å². The molecule has 0 radical (unpaired) electrons. The van der Waals surface area contributed by atoms with Crippen LogP contribution in [0, 0.1) is 0 Å². The Bertz CT molecular complexity index is 987. The van der Waals surface area contributed by atoms with E-state index in [4.69, 9.17) is 9.84 Å². The van der Waals surface area contributed by atoms with Crippen molar-refractivity contribution in [2.45, 2.75) is 25.9 Å². The highest BCUT2D eigenvalue weighted by atomic mass is 19.4. The van der Waals surface area contributed by atoms with E-state index >= 15 is 0 Å². The van der Waals surface area contributed by atoms with Gasteiger partial charge in [-0.15, -0.1) is 13.2 Å². The van der Waals surface area contributed by atoms with Gasteiger partial charge in [0.2, 0.25) is 0 Å². The van der Waals surface area contributed by atoms with Gasteiger partial charge in [-0.2, -0.15) is 5.10 Å². The van der Waals surface area contributed by atoms with Gasteiger partial charge in [-0.3, -0.25) is 4.68 Å². The van der Waals surface area contributed by atoms with Crippen LogP contribution in [0.15, 0.2) is 60.9 Å². The Kier molecular flexibility index (Phi) is 5.76. The van der Waals surface area contributed by atoms with Crippen molar-refractivity contribution in [1.29, 1.82) is 0 Å². The lowest BCUT2D eigenvalue weighted by Crippen LogP contribution is -2.17. The molecule has 0 amide bonds. The number of nitrogens with zero attached hydrogens (tertiary/aromatic N) is 2. The summed E-state index contributed by atoms with van der Waals surface area (Å²) < 4.78 is 49.6. The minimum absolute atomic E-state index is 0.109. The van der Waals surface area contributed by atoms with Crippen LogP contribution in [0.25, 0.3) is 11.1 Å². The number of ether oxygens (including phenoxy) is 2. The molecule has 0 aliphatic rings. The summed E-state index contributed by atoms with van der Waals surface area (Å²) in [6, 6.07) is 12.3. The molecule has 0 fully saturated rings. The standard InChI is InChI=1S/C20H17F3N2O4/c1-13(19(26)27)25-11-15(10-24-25)17-8-7-16(9-18(17)29-20(21,22)23)28-12-14-5-3-2-4-6-14/h2-11,13H,12H2,1H3,(H,26,27). The minimum Gasteiger partial charge on any atom is -0.489 e. The third-order valence-electron chi connectivity index (χ3n) is 4.09. The van der Waals surface area contributed by atoms with E-state index in [0.717, 1.165) is 16.3 Å². The second kappa shape index (κ2) is 8.26. The zero-order chi connectivity index (χ0) is 21.0. The van der Waals surface area contributed by atoms with E-state index in [1.54, 1.807) is 0 Å². The number of halogens is 3. The molecule has 0 saturated carbocycles. The number of alkyl halides is 3. The summed E-state index contributed by atoms with van der Waals surface area (Å²) in [4.78, 5) is 11.1. The first-order chi connectivity index (χ1) is 13.7. The van der Waals surface area contributed by atoms with Gasteiger partial charge in [-0.05, 0) is 24.6 Å². The fraction of sp³-hybridized carbons (Fsp3) is 0.200. The van der Waals surface area contributed by atoms with Crippen LogP contribution in [0.2, 0.25) is 0 Å². The Hall–Kier alpha value is -3.49. The first-order valence-corrected chi connectivity index (χ1v) is 8.57. The lowest BCUT2D eigenvalue weighted by atomic mass is 10.1. The first-order valence-electron chi connectivity index (χ1n) is 8.57. The van der Waals surface area contributed by atoms with E-state index in [1.807, 2.05) is 30.3 Å². The molecule has 29 heavy (non-hydrogen) atoms. The molecule has 0 aliphatic carbocycles. The highest BCUT2D eigenvalue weighted by Crippen LogP contribution is 2.37. The number of rotatable bonds is 7. The fourth-order valence-electron chi connectivity index (χ4n) is 2.58. The largest absolute Gasteiger partial charge is 0.573 e. The van der Waals surface area contributed by atoms with Crippen molar-refractivity contribution in [1.82, 2.24) is 9.78 Å². The molecule has 152 valence electrons. The lowest BCUT2D eigenvalue weighted by molar-refractivity contribution is -0.274. The Morgan fingerprint density at radius 2 is 1.93 bits per heavy atom. The van der Waals surface area contributed by atoms with E-state index in [-0.39, 0.29) is 23.5 Å². The van der Waals surface area contributed by atoms with Crippen LogP contribution in [0.4, 0.5) is 13.2 Å². The SMILES string of the molecule is CC(C(=O)O)n1cc(-c2ccc(OCc3ccccc3)cc2OC(F)(F)F)cn1. The van der Waals surface area contributed by atoms with Crippen molar-refractivity contribution in [2.75, 3.05) is 0 Å². The summed E-state index contributed by atoms with van der Waals surface area (Å²) >= 11 is 0. The second-order valence-electron chi connectivity index (χ2n) is 6.20. The van der Waals surface area contributed by atoms with Gasteiger partial charge in [0.25, 0.3) is 0 Å². The zero-order valence-corrected chi connectivity index (χ0v) is 15.3. The molecule has 9 heteroatoms. The number of carboxylic acid groups (broad SMARTS) is 1. The van der Waals surface area contributed by atoms with Gasteiger partial charge in [-0.25, -0.2) is 4.79 Å². The summed E-state index contributed by atoms with van der Waals surface area (Å²) in [5, 5.41) is 13.0. The number of aromatic nitrogens is 2. The summed E-state index contributed by atoms with van der Waals surface area (Å²) in [5.41, 5.74) is 1.25. The Morgan fingerprint density at radius 1 is 1.21 bits per heavy atom. The number of hydrogen-bond acceptors (Lipinski definition) is 4. The van der Waals surface area contributed by atoms with Gasteiger partial charge in [0.15, 0.2) is 0 Å². The summed E-state index contributed by atoms with van der Waals surface area (Å²) in [5.74, 6) is -1.38. The highest BCUT2D eigenvalue weighted by molar-refractivity contribution is 5.73. The monoisotopic (exact) mass is 406 g/mol. The summed E-state index contributed by atoms with van der Waals surface area (Å²) in [6.45, 7) is 1.59. The molecular weight excluding hydrogens is 389 g/mol. The van der Waals surface area contributed by atoms with Crippen LogP contribution in [0.5, 0.6) is 11.5 Å². The molecule has 0 saturated heterocycles. The molecule has 0 bridgehead atoms. The van der Waals surface area contributed by atoms with Gasteiger partial charge >= 0.3 is 12.3 Å². The Labute approximate surface area is 164 Å². The molecule has 3 aromatic rings. The maximum Gasteiger partial charge on any atom is 0.573 e. The molecule has 1 heterocycles. The quantitative estimate of drug-likeness (QED) is 0.617. The van der Waals surface area contributed by atoms with Crippen LogP contribution in [-0.2, 0) is 11.4 Å². The normalized spacial score (nSPS) is 12.4. The zero-order valence-electron chi connectivity index (χ0n) is 15.3. The van der Waals surface area contributed by atoms with Gasteiger partial charge in [0, 0.05) is 23.4 Å². The van der Waals surface area contributed by atoms with Crippen LogP contribution in [-0.4, -0.2) is 27.2 Å². The number of carbonyl (C=O) groups is 1. The summed E-state index contributed by atoms with van der Waals surface area (Å²) in [6.07, 6.45) is -2.28. The van der Waals surface area contributed by atoms with E-state index in [1.165, 1.54) is 31.5 Å². The number of hydrogen-bond donors (Lipinski definition) is 1. The molecule has 2 aromatic carbocycles. The lowest BCUT2D eigenvalue weighted by Gasteiger charge is -2.15. The Morgan fingerprint density at radius 3 is 2.59 bits per heavy atom. The second-order valence-corrected chi connectivity index (χ2v) is 6.20. The highest BCUT2D eigenvalue weighted by Gasteiger charge is 2.32. The van der Waals surface area contributed by atoms with Crippen molar-refractivity contribution >= 4 is 5.97 Å². The van der Waals surface area contributed by atoms with Crippen LogP contribution < -0.4 is 9.47 Å². The average molecular weight is 406 g/mol. The maximum atomic E-state index is 12.9. The molecule has 1 unspecified atom stereocenters. The topological polar surface area (TPSA) is 73.6 Å². The smallest absolute Gasteiger partial charge is 0.489 e. The third-order valence-corrected chi connectivity index (χ3v) is 4.09. The van der Waals surface area contributed by atoms with Gasteiger partial charge in [0.05, 0.1) is 6.20 Å². The predicted octanol–water partition coefficient (Wildman–Crippen LogP) is 4.67. The number of aliphatic carboxylic acids is 1. The Balaban J connectivity index is 1.89. The molecule has 6 nitrogen and oxygen atoms in total. The molecule has 1 aromatic heterocycles. The van der Waals surface area contributed by atoms with Gasteiger partial charge in [-0.1, -0.05) is 30.3 Å².